The highest BCUT2D eigenvalue weighted by Gasteiger charge is 2.19. The van der Waals surface area contributed by atoms with Crippen molar-refractivity contribution in [3.63, 3.8) is 0 Å². The van der Waals surface area contributed by atoms with Crippen molar-refractivity contribution in [1.82, 2.24) is 24.1 Å². The van der Waals surface area contributed by atoms with Crippen molar-refractivity contribution in [3.8, 4) is 5.75 Å². The molecule has 0 aliphatic carbocycles. The summed E-state index contributed by atoms with van der Waals surface area (Å²) in [6, 6.07) is 9.58. The number of para-hydroxylation sites is 1. The van der Waals surface area contributed by atoms with Crippen molar-refractivity contribution < 1.29 is 9.84 Å². The maximum atomic E-state index is 12.9. The predicted molar refractivity (Wildman–Crippen MR) is 135 cm³/mol. The molecule has 1 aromatic carbocycles. The van der Waals surface area contributed by atoms with Crippen molar-refractivity contribution in [2.75, 3.05) is 6.61 Å². The van der Waals surface area contributed by atoms with E-state index in [-0.39, 0.29) is 30.3 Å². The molecule has 9 heteroatoms. The molecule has 184 valence electrons. The van der Waals surface area contributed by atoms with E-state index in [1.165, 1.54) is 11.6 Å². The molecule has 9 nitrogen and oxygen atoms in total. The molecular weight excluding hydrogens is 446 g/mol. The summed E-state index contributed by atoms with van der Waals surface area (Å²) in [6.07, 6.45) is 4.62. The summed E-state index contributed by atoms with van der Waals surface area (Å²) in [6.45, 7) is 4.68. The van der Waals surface area contributed by atoms with Crippen LogP contribution in [0.25, 0.3) is 22.1 Å². The number of aliphatic hydroxyl groups excluding tert-OH is 1. The molecule has 0 fully saturated rings. The number of aliphatic hydroxyl groups is 1. The fraction of sp³-hybridized carbons (Fsp3) is 0.423. The van der Waals surface area contributed by atoms with Gasteiger partial charge in [0.2, 0.25) is 0 Å². The zero-order valence-electron chi connectivity index (χ0n) is 20.4. The van der Waals surface area contributed by atoms with Crippen LogP contribution in [0.2, 0.25) is 0 Å². The summed E-state index contributed by atoms with van der Waals surface area (Å²) in [5, 5.41) is 10.1. The first-order chi connectivity index (χ1) is 16.9. The van der Waals surface area contributed by atoms with Gasteiger partial charge in [0.15, 0.2) is 11.2 Å². The fourth-order valence-corrected chi connectivity index (χ4v) is 4.11. The average Bonchev–Trinajstić information content (AvgIpc) is 2.86. The fourth-order valence-electron chi connectivity index (χ4n) is 4.11. The van der Waals surface area contributed by atoms with Crippen LogP contribution in [-0.4, -0.2) is 35.8 Å². The first kappa shape index (κ1) is 24.5. The maximum Gasteiger partial charge on any atom is 0.332 e. The molecule has 0 bridgehead atoms. The Labute approximate surface area is 203 Å². The molecule has 3 aromatic heterocycles. The molecule has 0 radical (unpaired) electrons. The number of benzene rings is 1. The Morgan fingerprint density at radius 3 is 2.57 bits per heavy atom. The minimum absolute atomic E-state index is 0.124. The number of nitrogens with zero attached hydrogens (tertiary/aromatic N) is 5. The molecular formula is C26H31N5O4. The monoisotopic (exact) mass is 477 g/mol. The lowest BCUT2D eigenvalue weighted by molar-refractivity contribution is 0.282. The number of aromatic nitrogens is 5. The Morgan fingerprint density at radius 1 is 1.00 bits per heavy atom. The van der Waals surface area contributed by atoms with Gasteiger partial charge in [0.1, 0.15) is 23.6 Å². The number of unbranched alkanes of at least 4 members (excludes halogenated alkanes) is 2. The second-order valence-corrected chi connectivity index (χ2v) is 9.09. The third-order valence-corrected chi connectivity index (χ3v) is 5.89. The molecule has 3 heterocycles. The van der Waals surface area contributed by atoms with Crippen molar-refractivity contribution in [2.24, 2.45) is 13.0 Å². The van der Waals surface area contributed by atoms with Gasteiger partial charge in [-0.15, -0.1) is 0 Å². The van der Waals surface area contributed by atoms with Crippen molar-refractivity contribution in [2.45, 2.75) is 52.7 Å². The zero-order chi connectivity index (χ0) is 24.9. The standard InChI is InChI=1S/C26H31N5O4/c1-17(2)15-31-24-23(25(33)30(3)26(31)34)28-19(11-5-4-6-14-32)20(29-24)16-35-21-12-7-9-18-10-8-13-27-22(18)21/h7-10,12-13,17,32H,4-6,11,14-16H2,1-3H3. The molecule has 1 N–H and O–H groups in total. The largest absolute Gasteiger partial charge is 0.485 e. The average molecular weight is 478 g/mol. The van der Waals surface area contributed by atoms with Gasteiger partial charge in [-0.3, -0.25) is 18.9 Å². The molecule has 0 spiro atoms. The second-order valence-electron chi connectivity index (χ2n) is 9.09. The summed E-state index contributed by atoms with van der Waals surface area (Å²) >= 11 is 0. The first-order valence-electron chi connectivity index (χ1n) is 12.0. The van der Waals surface area contributed by atoms with E-state index in [9.17, 15) is 9.59 Å². The molecule has 0 unspecified atom stereocenters. The van der Waals surface area contributed by atoms with Gasteiger partial charge in [-0.05, 0) is 37.3 Å². The van der Waals surface area contributed by atoms with Crippen LogP contribution < -0.4 is 16.0 Å². The van der Waals surface area contributed by atoms with Gasteiger partial charge >= 0.3 is 5.69 Å². The number of hydrogen-bond donors (Lipinski definition) is 1. The van der Waals surface area contributed by atoms with Gasteiger partial charge in [-0.1, -0.05) is 38.5 Å². The zero-order valence-corrected chi connectivity index (χ0v) is 20.4. The summed E-state index contributed by atoms with van der Waals surface area (Å²) < 4.78 is 8.76. The van der Waals surface area contributed by atoms with Gasteiger partial charge in [0, 0.05) is 31.8 Å². The molecule has 0 aliphatic rings. The molecule has 35 heavy (non-hydrogen) atoms. The molecule has 0 amide bonds. The summed E-state index contributed by atoms with van der Waals surface area (Å²) in [7, 11) is 1.47. The van der Waals surface area contributed by atoms with E-state index in [1.807, 2.05) is 44.2 Å². The number of aryl methyl sites for hydroxylation is 1. The highest BCUT2D eigenvalue weighted by molar-refractivity contribution is 5.84. The van der Waals surface area contributed by atoms with E-state index in [0.29, 0.717) is 36.5 Å². The summed E-state index contributed by atoms with van der Waals surface area (Å²) in [5.41, 5.74) is 1.58. The second kappa shape index (κ2) is 10.8. The molecule has 0 aliphatic heterocycles. The topological polar surface area (TPSA) is 112 Å². The molecule has 4 rings (SSSR count). The summed E-state index contributed by atoms with van der Waals surface area (Å²) in [4.78, 5) is 39.7. The maximum absolute atomic E-state index is 12.9. The smallest absolute Gasteiger partial charge is 0.332 e. The van der Waals surface area contributed by atoms with Crippen LogP contribution in [0.3, 0.4) is 0 Å². The van der Waals surface area contributed by atoms with Crippen LogP contribution >= 0.6 is 0 Å². The molecule has 0 atom stereocenters. The highest BCUT2D eigenvalue weighted by Crippen LogP contribution is 2.24. The number of hydrogen-bond acceptors (Lipinski definition) is 7. The molecule has 4 aromatic rings. The normalized spacial score (nSPS) is 11.6. The lowest BCUT2D eigenvalue weighted by Gasteiger charge is -2.16. The van der Waals surface area contributed by atoms with E-state index >= 15 is 0 Å². The number of pyridine rings is 1. The minimum atomic E-state index is -0.458. The Kier molecular flexibility index (Phi) is 7.55. The van der Waals surface area contributed by atoms with E-state index in [4.69, 9.17) is 19.8 Å². The van der Waals surface area contributed by atoms with Gasteiger partial charge in [-0.25, -0.2) is 14.8 Å². The molecule has 0 saturated heterocycles. The van der Waals surface area contributed by atoms with E-state index in [1.54, 1.807) is 6.20 Å². The Balaban J connectivity index is 1.80. The third-order valence-electron chi connectivity index (χ3n) is 5.89. The SMILES string of the molecule is CC(C)Cn1c(=O)n(C)c(=O)c2nc(CCCCCO)c(COc3cccc4cccnc34)nc21. The lowest BCUT2D eigenvalue weighted by Crippen LogP contribution is -2.40. The van der Waals surface area contributed by atoms with Gasteiger partial charge < -0.3 is 9.84 Å². The summed E-state index contributed by atoms with van der Waals surface area (Å²) in [5.74, 6) is 0.801. The van der Waals surface area contributed by atoms with Crippen molar-refractivity contribution in [3.05, 3.63) is 68.8 Å². The van der Waals surface area contributed by atoms with Gasteiger partial charge in [0.25, 0.3) is 5.56 Å². The minimum Gasteiger partial charge on any atom is -0.485 e. The Morgan fingerprint density at radius 2 is 1.80 bits per heavy atom. The van der Waals surface area contributed by atoms with Crippen LogP contribution in [0.1, 0.15) is 44.5 Å². The van der Waals surface area contributed by atoms with E-state index in [0.717, 1.165) is 28.3 Å². The van der Waals surface area contributed by atoms with Gasteiger partial charge in [-0.2, -0.15) is 0 Å². The van der Waals surface area contributed by atoms with E-state index in [2.05, 4.69) is 4.98 Å². The van der Waals surface area contributed by atoms with Crippen LogP contribution in [0, 0.1) is 5.92 Å². The van der Waals surface area contributed by atoms with Crippen LogP contribution in [0.15, 0.2) is 46.1 Å². The quantitative estimate of drug-likeness (QED) is 0.350. The number of fused-ring (bicyclic) bond motifs is 2. The lowest BCUT2D eigenvalue weighted by atomic mass is 10.1. The first-order valence-corrected chi connectivity index (χ1v) is 12.0. The van der Waals surface area contributed by atoms with Crippen molar-refractivity contribution in [1.29, 1.82) is 0 Å². The van der Waals surface area contributed by atoms with Crippen LogP contribution in [-0.2, 0) is 26.6 Å². The van der Waals surface area contributed by atoms with Gasteiger partial charge in [0.05, 0.1) is 5.69 Å². The molecule has 0 saturated carbocycles. The Hall–Kier alpha value is -3.59. The third kappa shape index (κ3) is 5.24. The highest BCUT2D eigenvalue weighted by atomic mass is 16.5. The van der Waals surface area contributed by atoms with E-state index < -0.39 is 11.2 Å². The van der Waals surface area contributed by atoms with Crippen LogP contribution in [0.5, 0.6) is 5.75 Å². The number of ether oxygens (including phenoxy) is 1. The van der Waals surface area contributed by atoms with Crippen LogP contribution in [0.4, 0.5) is 0 Å². The predicted octanol–water partition coefficient (Wildman–Crippen LogP) is 2.98. The number of rotatable bonds is 10. The van der Waals surface area contributed by atoms with Crippen molar-refractivity contribution >= 4 is 22.1 Å². The Bertz CT molecular complexity index is 1450.